The molecule has 0 saturated heterocycles. The van der Waals surface area contributed by atoms with E-state index in [1.807, 2.05) is 0 Å². The lowest BCUT2D eigenvalue weighted by Gasteiger charge is -2.16. The van der Waals surface area contributed by atoms with E-state index in [0.29, 0.717) is 0 Å². The molecule has 0 heterocycles. The van der Waals surface area contributed by atoms with Gasteiger partial charge in [-0.05, 0) is 62.4 Å². The fourth-order valence-electron chi connectivity index (χ4n) is 2.69. The number of ether oxygens (including phenoxy) is 4. The van der Waals surface area contributed by atoms with Crippen molar-refractivity contribution in [1.29, 1.82) is 0 Å². The lowest BCUT2D eigenvalue weighted by Crippen LogP contribution is -2.28. The number of carbonyl (C=O) groups is 4. The van der Waals surface area contributed by atoms with Crippen molar-refractivity contribution in [2.75, 3.05) is 26.4 Å². The van der Waals surface area contributed by atoms with Gasteiger partial charge in [-0.25, -0.2) is 19.2 Å². The van der Waals surface area contributed by atoms with E-state index in [1.54, 1.807) is 48.5 Å². The molecule has 0 aliphatic rings. The number of aliphatic hydroxyl groups is 2. The van der Waals surface area contributed by atoms with E-state index >= 15 is 0 Å². The minimum absolute atomic E-state index is 0.191. The molecule has 2 rings (SSSR count). The molecule has 2 aromatic rings. The van der Waals surface area contributed by atoms with Crippen LogP contribution in [0.5, 0.6) is 0 Å². The molecule has 0 bridgehead atoms. The average Bonchev–Trinajstić information content (AvgIpc) is 2.92. The highest BCUT2D eigenvalue weighted by atomic mass is 32.2. The molecule has 0 aliphatic heterocycles. The van der Waals surface area contributed by atoms with Crippen LogP contribution in [0.4, 0.5) is 0 Å². The maximum atomic E-state index is 12.4. The van der Waals surface area contributed by atoms with Crippen molar-refractivity contribution in [2.24, 2.45) is 0 Å². The van der Waals surface area contributed by atoms with Crippen LogP contribution in [-0.4, -0.2) is 72.7 Å². The number of aliphatic hydroxyl groups excluding tert-OH is 2. The monoisotopic (exact) mass is 558 g/mol. The second-order valence-electron chi connectivity index (χ2n) is 8.37. The van der Waals surface area contributed by atoms with E-state index in [2.05, 4.69) is 13.2 Å². The van der Waals surface area contributed by atoms with Gasteiger partial charge in [0, 0.05) is 20.9 Å². The van der Waals surface area contributed by atoms with Crippen LogP contribution in [0, 0.1) is 0 Å². The van der Waals surface area contributed by atoms with E-state index < -0.39 is 42.7 Å². The van der Waals surface area contributed by atoms with Gasteiger partial charge in [0.25, 0.3) is 0 Å². The van der Waals surface area contributed by atoms with Crippen LogP contribution in [0.2, 0.25) is 0 Å². The highest BCUT2D eigenvalue weighted by Crippen LogP contribution is 2.28. The Labute approximate surface area is 230 Å². The molecule has 11 heteroatoms. The van der Waals surface area contributed by atoms with Crippen molar-refractivity contribution in [3.8, 4) is 0 Å². The SMILES string of the molecule is C=C(C)C(=O)OCC(O)COC(=O)c1ccc(Sc2ccc(C(=O)OC(CO)COC(=O)C(=C)C)cc2)cc1. The van der Waals surface area contributed by atoms with Gasteiger partial charge in [-0.2, -0.15) is 0 Å². The summed E-state index contributed by atoms with van der Waals surface area (Å²) in [6.07, 6.45) is -2.18. The molecule has 0 spiro atoms. The first-order valence-corrected chi connectivity index (χ1v) is 12.5. The minimum atomic E-state index is -1.17. The van der Waals surface area contributed by atoms with Gasteiger partial charge in [-0.15, -0.1) is 0 Å². The smallest absolute Gasteiger partial charge is 0.338 e. The van der Waals surface area contributed by atoms with Gasteiger partial charge < -0.3 is 29.2 Å². The van der Waals surface area contributed by atoms with Crippen LogP contribution < -0.4 is 0 Å². The summed E-state index contributed by atoms with van der Waals surface area (Å²) < 4.78 is 20.0. The minimum Gasteiger partial charge on any atom is -0.459 e. The van der Waals surface area contributed by atoms with Crippen LogP contribution in [0.15, 0.2) is 82.6 Å². The third-order valence-electron chi connectivity index (χ3n) is 4.80. The predicted octanol–water partition coefficient (Wildman–Crippen LogP) is 3.11. The first kappa shape index (κ1) is 31.3. The van der Waals surface area contributed by atoms with Crippen molar-refractivity contribution >= 4 is 35.6 Å². The number of esters is 4. The number of carbonyl (C=O) groups excluding carboxylic acids is 4. The van der Waals surface area contributed by atoms with Crippen molar-refractivity contribution in [3.63, 3.8) is 0 Å². The second-order valence-corrected chi connectivity index (χ2v) is 9.52. The zero-order chi connectivity index (χ0) is 28.9. The molecule has 39 heavy (non-hydrogen) atoms. The van der Waals surface area contributed by atoms with Crippen LogP contribution in [0.1, 0.15) is 34.6 Å². The zero-order valence-electron chi connectivity index (χ0n) is 21.6. The average molecular weight is 559 g/mol. The Bertz CT molecular complexity index is 1190. The quantitative estimate of drug-likeness (QED) is 0.200. The molecule has 0 aliphatic carbocycles. The summed E-state index contributed by atoms with van der Waals surface area (Å²) in [7, 11) is 0. The molecule has 2 N–H and O–H groups in total. The Morgan fingerprint density at radius 3 is 1.64 bits per heavy atom. The molecule has 0 saturated carbocycles. The Hall–Kier alpha value is -3.93. The van der Waals surface area contributed by atoms with Crippen LogP contribution >= 0.6 is 11.8 Å². The van der Waals surface area contributed by atoms with Gasteiger partial charge in [-0.1, -0.05) is 24.9 Å². The van der Waals surface area contributed by atoms with E-state index in [4.69, 9.17) is 18.9 Å². The van der Waals surface area contributed by atoms with E-state index in [0.717, 1.165) is 9.79 Å². The molecule has 10 nitrogen and oxygen atoms in total. The summed E-state index contributed by atoms with van der Waals surface area (Å²) in [6.45, 7) is 8.37. The Morgan fingerprint density at radius 1 is 0.744 bits per heavy atom. The van der Waals surface area contributed by atoms with Gasteiger partial charge in [0.1, 0.15) is 25.9 Å². The largest absolute Gasteiger partial charge is 0.459 e. The third-order valence-corrected chi connectivity index (χ3v) is 5.82. The molecule has 0 amide bonds. The molecular weight excluding hydrogens is 528 g/mol. The molecule has 0 fully saturated rings. The Kier molecular flexibility index (Phi) is 12.4. The molecular formula is C28H30O10S. The lowest BCUT2D eigenvalue weighted by molar-refractivity contribution is -0.143. The van der Waals surface area contributed by atoms with Gasteiger partial charge in [0.2, 0.25) is 0 Å². The van der Waals surface area contributed by atoms with Crippen molar-refractivity contribution in [1.82, 2.24) is 0 Å². The van der Waals surface area contributed by atoms with Gasteiger partial charge in [-0.3, -0.25) is 0 Å². The normalized spacial score (nSPS) is 12.0. The number of benzene rings is 2. The lowest BCUT2D eigenvalue weighted by atomic mass is 10.2. The van der Waals surface area contributed by atoms with E-state index in [1.165, 1.54) is 25.6 Å². The molecule has 208 valence electrons. The number of rotatable bonds is 14. The fraction of sp³-hybridized carbons (Fsp3) is 0.286. The first-order valence-electron chi connectivity index (χ1n) is 11.7. The van der Waals surface area contributed by atoms with E-state index in [9.17, 15) is 29.4 Å². The highest BCUT2D eigenvalue weighted by Gasteiger charge is 2.18. The van der Waals surface area contributed by atoms with Crippen molar-refractivity contribution in [2.45, 2.75) is 35.8 Å². The maximum Gasteiger partial charge on any atom is 0.338 e. The first-order chi connectivity index (χ1) is 18.5. The van der Waals surface area contributed by atoms with Gasteiger partial charge in [0.15, 0.2) is 6.10 Å². The molecule has 2 atom stereocenters. The van der Waals surface area contributed by atoms with Crippen LogP contribution in [0.25, 0.3) is 0 Å². The zero-order valence-corrected chi connectivity index (χ0v) is 22.4. The predicted molar refractivity (Wildman–Crippen MR) is 141 cm³/mol. The Morgan fingerprint density at radius 2 is 1.18 bits per heavy atom. The third kappa shape index (κ3) is 10.8. The van der Waals surface area contributed by atoms with Gasteiger partial charge >= 0.3 is 23.9 Å². The number of hydrogen-bond donors (Lipinski definition) is 2. The summed E-state index contributed by atoms with van der Waals surface area (Å²) in [6, 6.07) is 13.1. The fourth-order valence-corrected chi connectivity index (χ4v) is 3.50. The molecule has 2 aromatic carbocycles. The van der Waals surface area contributed by atoms with Crippen LogP contribution in [-0.2, 0) is 28.5 Å². The Balaban J connectivity index is 1.84. The topological polar surface area (TPSA) is 146 Å². The van der Waals surface area contributed by atoms with Crippen LogP contribution in [0.3, 0.4) is 0 Å². The number of hydrogen-bond acceptors (Lipinski definition) is 11. The summed E-state index contributed by atoms with van der Waals surface area (Å²) in [5.74, 6) is -2.61. The summed E-state index contributed by atoms with van der Waals surface area (Å²) >= 11 is 1.39. The molecule has 0 radical (unpaired) electrons. The van der Waals surface area contributed by atoms with Crippen molar-refractivity contribution < 1.29 is 48.3 Å². The summed E-state index contributed by atoms with van der Waals surface area (Å²) in [4.78, 5) is 49.0. The highest BCUT2D eigenvalue weighted by molar-refractivity contribution is 7.99. The standard InChI is InChI=1S/C28H30O10S/c1-17(2)25(31)35-14-21(30)15-36-27(33)19-5-9-23(10-6-19)39-24-11-7-20(8-12-24)28(34)38-22(13-29)16-37-26(32)18(3)4/h5-12,21-22,29-30H,1,3,13-16H2,2,4H3. The van der Waals surface area contributed by atoms with Gasteiger partial charge in [0.05, 0.1) is 17.7 Å². The maximum absolute atomic E-state index is 12.4. The molecule has 2 unspecified atom stereocenters. The summed E-state index contributed by atoms with van der Waals surface area (Å²) in [5, 5.41) is 19.2. The molecule has 0 aromatic heterocycles. The second kappa shape index (κ2) is 15.5. The van der Waals surface area contributed by atoms with Crippen molar-refractivity contribution in [3.05, 3.63) is 84.0 Å². The summed E-state index contributed by atoms with van der Waals surface area (Å²) in [5.41, 5.74) is 0.911. The van der Waals surface area contributed by atoms with E-state index in [-0.39, 0.29) is 42.1 Å².